The average molecular weight is 529 g/mol. The number of piperidine rings is 1. The second-order valence-electron chi connectivity index (χ2n) is 8.27. The summed E-state index contributed by atoms with van der Waals surface area (Å²) in [6.45, 7) is -2.53. The first-order valence-electron chi connectivity index (χ1n) is 15.5. The molecule has 0 unspecified atom stereocenters. The van der Waals surface area contributed by atoms with Crippen molar-refractivity contribution in [3.63, 3.8) is 0 Å². The molecule has 1 aliphatic heterocycles. The summed E-state index contributed by atoms with van der Waals surface area (Å²) in [6.07, 6.45) is -4.84. The molecule has 8 heteroatoms. The van der Waals surface area contributed by atoms with E-state index < -0.39 is 62.4 Å². The van der Waals surface area contributed by atoms with E-state index in [1.54, 1.807) is 6.07 Å². The van der Waals surface area contributed by atoms with Gasteiger partial charge in [0, 0.05) is 32.4 Å². The third kappa shape index (κ3) is 5.55. The lowest BCUT2D eigenvalue weighted by atomic mass is 9.93. The summed E-state index contributed by atoms with van der Waals surface area (Å²) in [5.74, 6) is -3.24. The monoisotopic (exact) mass is 527 g/mol. The zero-order valence-corrected chi connectivity index (χ0v) is 19.7. The minimum absolute atomic E-state index is 0.0569. The van der Waals surface area contributed by atoms with Crippen molar-refractivity contribution in [1.29, 1.82) is 0 Å². The fourth-order valence-electron chi connectivity index (χ4n) is 3.02. The van der Waals surface area contributed by atoms with E-state index in [1.807, 2.05) is 0 Å². The van der Waals surface area contributed by atoms with Crippen LogP contribution in [0.1, 0.15) is 48.6 Å². The van der Waals surface area contributed by atoms with Gasteiger partial charge in [0.15, 0.2) is 11.5 Å². The normalized spacial score (nSPS) is 27.0. The Labute approximate surface area is 218 Å². The van der Waals surface area contributed by atoms with E-state index >= 15 is 0 Å². The van der Waals surface area contributed by atoms with Crippen molar-refractivity contribution in [1.82, 2.24) is 14.9 Å². The van der Waals surface area contributed by atoms with Gasteiger partial charge >= 0.3 is 0 Å². The summed E-state index contributed by atoms with van der Waals surface area (Å²) in [5, 5.41) is 3.01. The number of halogens is 2. The minimum atomic E-state index is -3.00. The summed E-state index contributed by atoms with van der Waals surface area (Å²) >= 11 is 3.18. The molecule has 0 atom stereocenters. The second-order valence-corrected chi connectivity index (χ2v) is 9.19. The topological polar surface area (TPSA) is 59.5 Å². The lowest BCUT2D eigenvalue weighted by Crippen LogP contribution is -2.46. The highest BCUT2D eigenvalue weighted by Gasteiger charge is 2.27. The predicted octanol–water partition coefficient (Wildman–Crippen LogP) is 6.17. The zero-order chi connectivity index (χ0) is 33.3. The number of rotatable bonds is 6. The first-order valence-corrected chi connectivity index (χ1v) is 10.8. The number of nitrogens with one attached hydrogen (secondary N) is 1. The Morgan fingerprint density at radius 1 is 1.21 bits per heavy atom. The molecule has 0 bridgehead atoms. The SMILES string of the molecule is [2H]C([2H])([2H])Oc1cc2c(Nc3ccc(Br)cc3F)ncnc2cc1OCC1C([2H])([2H])C([2H])([2H])N(C(C)(C)C)C([2H])([2H])C1([2H])[2H]. The van der Waals surface area contributed by atoms with Crippen LogP contribution in [0.4, 0.5) is 15.9 Å². The summed E-state index contributed by atoms with van der Waals surface area (Å²) in [6, 6.07) is 6.72. The van der Waals surface area contributed by atoms with Gasteiger partial charge in [-0.2, -0.15) is 0 Å². The maximum Gasteiger partial charge on any atom is 0.163 e. The molecule has 0 radical (unpaired) electrons. The maximum absolute atomic E-state index is 14.5. The number of nitrogens with zero attached hydrogens (tertiary/aromatic N) is 3. The molecule has 176 valence electrons. The van der Waals surface area contributed by atoms with Crippen LogP contribution in [0.2, 0.25) is 0 Å². The quantitative estimate of drug-likeness (QED) is 0.413. The molecule has 0 aliphatic carbocycles. The van der Waals surface area contributed by atoms with E-state index in [-0.39, 0.29) is 28.2 Å². The lowest BCUT2D eigenvalue weighted by molar-refractivity contribution is 0.0716. The number of fused-ring (bicyclic) bond motifs is 1. The second kappa shape index (κ2) is 9.81. The highest BCUT2D eigenvalue weighted by atomic mass is 79.9. The van der Waals surface area contributed by atoms with E-state index in [1.165, 1.54) is 45.0 Å². The van der Waals surface area contributed by atoms with Gasteiger partial charge in [-0.3, -0.25) is 4.90 Å². The molecule has 1 saturated heterocycles. The Hall–Kier alpha value is -2.45. The number of hydrogen-bond donors (Lipinski definition) is 1. The van der Waals surface area contributed by atoms with Crippen molar-refractivity contribution in [2.24, 2.45) is 5.92 Å². The highest BCUT2D eigenvalue weighted by Crippen LogP contribution is 2.36. The molecular formula is C25H30BrFN4O2. The summed E-state index contributed by atoms with van der Waals surface area (Å²) < 4.78 is 118. The highest BCUT2D eigenvalue weighted by molar-refractivity contribution is 9.10. The predicted molar refractivity (Wildman–Crippen MR) is 133 cm³/mol. The smallest absolute Gasteiger partial charge is 0.163 e. The van der Waals surface area contributed by atoms with Crippen LogP contribution in [0.3, 0.4) is 0 Å². The van der Waals surface area contributed by atoms with Crippen LogP contribution in [-0.2, 0) is 0 Å². The molecule has 1 aromatic heterocycles. The van der Waals surface area contributed by atoms with Crippen molar-refractivity contribution >= 4 is 38.3 Å². The number of hydrogen-bond acceptors (Lipinski definition) is 6. The molecule has 4 rings (SSSR count). The summed E-state index contributed by atoms with van der Waals surface area (Å²) in [7, 11) is -3.00. The van der Waals surface area contributed by atoms with Crippen LogP contribution in [0.25, 0.3) is 10.9 Å². The number of methoxy groups -OCH3 is 1. The molecule has 0 amide bonds. The van der Waals surface area contributed by atoms with E-state index in [0.29, 0.717) is 9.37 Å². The fraction of sp³-hybridized carbons (Fsp3) is 0.440. The third-order valence-electron chi connectivity index (χ3n) is 4.77. The Morgan fingerprint density at radius 2 is 2.00 bits per heavy atom. The first-order chi connectivity index (χ1) is 19.9. The van der Waals surface area contributed by atoms with Gasteiger partial charge in [-0.05, 0) is 76.7 Å². The van der Waals surface area contributed by atoms with Crippen molar-refractivity contribution in [2.45, 2.75) is 39.1 Å². The molecular weight excluding hydrogens is 487 g/mol. The van der Waals surface area contributed by atoms with Gasteiger partial charge in [0.2, 0.25) is 0 Å². The Balaban J connectivity index is 1.77. The molecule has 1 N–H and O–H groups in total. The molecule has 3 aromatic rings. The van der Waals surface area contributed by atoms with Crippen molar-refractivity contribution < 1.29 is 28.9 Å². The summed E-state index contributed by atoms with van der Waals surface area (Å²) in [5.41, 5.74) is -1.10. The molecule has 1 fully saturated rings. The van der Waals surface area contributed by atoms with Gasteiger partial charge < -0.3 is 14.8 Å². The van der Waals surface area contributed by atoms with Gasteiger partial charge in [0.05, 0.1) is 29.0 Å². The maximum atomic E-state index is 14.5. The lowest BCUT2D eigenvalue weighted by Gasteiger charge is -2.40. The summed E-state index contributed by atoms with van der Waals surface area (Å²) in [4.78, 5) is 8.83. The number of aromatic nitrogens is 2. The third-order valence-corrected chi connectivity index (χ3v) is 5.27. The van der Waals surface area contributed by atoms with Crippen LogP contribution in [0.5, 0.6) is 11.5 Å². The molecule has 1 aliphatic rings. The van der Waals surface area contributed by atoms with Crippen molar-refractivity contribution in [3.05, 3.63) is 46.9 Å². The Morgan fingerprint density at radius 3 is 2.70 bits per heavy atom. The zero-order valence-electron chi connectivity index (χ0n) is 29.2. The van der Waals surface area contributed by atoms with E-state index in [2.05, 4.69) is 31.2 Å². The van der Waals surface area contributed by atoms with Crippen LogP contribution in [0.15, 0.2) is 41.1 Å². The molecule has 2 aromatic carbocycles. The van der Waals surface area contributed by atoms with Crippen LogP contribution < -0.4 is 14.8 Å². The van der Waals surface area contributed by atoms with Gasteiger partial charge in [-0.15, -0.1) is 0 Å². The first kappa shape index (κ1) is 13.4. The number of anilines is 2. The van der Waals surface area contributed by atoms with Crippen LogP contribution in [-0.4, -0.2) is 47.0 Å². The molecule has 0 spiro atoms. The largest absolute Gasteiger partial charge is 0.493 e. The minimum Gasteiger partial charge on any atom is -0.493 e. The van der Waals surface area contributed by atoms with Gasteiger partial charge in [0.25, 0.3) is 0 Å². The Kier molecular flexibility index (Phi) is 4.00. The van der Waals surface area contributed by atoms with Crippen LogP contribution >= 0.6 is 15.9 Å². The van der Waals surface area contributed by atoms with Gasteiger partial charge in [-0.1, -0.05) is 15.9 Å². The fourth-order valence-corrected chi connectivity index (χ4v) is 3.35. The number of likely N-dealkylation sites (tertiary alicyclic amines) is 1. The van der Waals surface area contributed by atoms with E-state index in [0.717, 1.165) is 6.33 Å². The van der Waals surface area contributed by atoms with Gasteiger partial charge in [0.1, 0.15) is 18.0 Å². The van der Waals surface area contributed by atoms with Crippen molar-refractivity contribution in [2.75, 3.05) is 32.0 Å². The van der Waals surface area contributed by atoms with Crippen LogP contribution in [0, 0.1) is 11.7 Å². The average Bonchev–Trinajstić information content (AvgIpc) is 2.83. The van der Waals surface area contributed by atoms with Gasteiger partial charge in [-0.25, -0.2) is 14.4 Å². The molecule has 0 saturated carbocycles. The number of benzene rings is 2. The van der Waals surface area contributed by atoms with E-state index in [4.69, 9.17) is 24.6 Å². The molecule has 33 heavy (non-hydrogen) atoms. The number of ether oxygens (including phenoxy) is 2. The molecule has 2 heterocycles. The van der Waals surface area contributed by atoms with E-state index in [9.17, 15) is 4.39 Å². The standard InChI is InChI=1S/C25H30BrFN4O2/c1-25(2,3)31-9-7-16(8-10-31)14-33-23-13-21-18(12-22(23)32-4)24(29-15-28-21)30-20-6-5-17(26)11-19(20)27/h5-6,11-13,15-16H,7-10,14H2,1-4H3,(H,28,29,30)/i4D3,7D2,8D2,9D2,10D2. The molecule has 6 nitrogen and oxygen atoms in total. The van der Waals surface area contributed by atoms with Crippen molar-refractivity contribution in [3.8, 4) is 11.5 Å². The Bertz CT molecular complexity index is 1540.